The average Bonchev–Trinajstić information content (AvgIpc) is 3.14. The Kier molecular flexibility index (Phi) is 11.8. The van der Waals surface area contributed by atoms with Gasteiger partial charge in [-0.1, -0.05) is 133 Å². The van der Waals surface area contributed by atoms with Crippen molar-refractivity contribution in [3.05, 3.63) is 173 Å². The molecule has 0 aliphatic carbocycles. The van der Waals surface area contributed by atoms with E-state index < -0.39 is 30.5 Å². The van der Waals surface area contributed by atoms with E-state index in [1.54, 1.807) is 7.11 Å². The third-order valence-corrected chi connectivity index (χ3v) is 8.33. The Morgan fingerprint density at radius 3 is 1.36 bits per heavy atom. The van der Waals surface area contributed by atoms with Crippen molar-refractivity contribution in [2.24, 2.45) is 0 Å². The summed E-state index contributed by atoms with van der Waals surface area (Å²) in [5, 5.41) is 0. The number of ether oxygens (including phenoxy) is 6. The normalized spacial score (nSPS) is 20.9. The number of methoxy groups -OCH3 is 1. The third kappa shape index (κ3) is 9.16. The van der Waals surface area contributed by atoms with Crippen molar-refractivity contribution >= 4 is 0 Å². The van der Waals surface area contributed by atoms with Gasteiger partial charge < -0.3 is 28.4 Å². The van der Waals surface area contributed by atoms with Crippen LogP contribution in [0.25, 0.3) is 0 Å². The molecule has 0 saturated carbocycles. The fourth-order valence-electron chi connectivity index (χ4n) is 5.85. The Bertz CT molecular complexity index is 1580. The molecule has 1 saturated heterocycles. The third-order valence-electron chi connectivity index (χ3n) is 8.33. The fourth-order valence-corrected chi connectivity index (χ4v) is 5.85. The van der Waals surface area contributed by atoms with Gasteiger partial charge in [0.25, 0.3) is 0 Å². The lowest BCUT2D eigenvalue weighted by atomic mass is 9.90. The van der Waals surface area contributed by atoms with Crippen LogP contribution >= 0.6 is 0 Å². The van der Waals surface area contributed by atoms with E-state index in [0.717, 1.165) is 33.6 Å². The van der Waals surface area contributed by atoms with Gasteiger partial charge in [-0.3, -0.25) is 0 Å². The quantitative estimate of drug-likeness (QED) is 0.117. The second kappa shape index (κ2) is 17.0. The maximum Gasteiger partial charge on any atom is 0.118 e. The average molecular weight is 631 g/mol. The largest absolute Gasteiger partial charge is 0.497 e. The summed E-state index contributed by atoms with van der Waals surface area (Å²) in [4.78, 5) is 0. The Hall–Kier alpha value is -4.30. The van der Waals surface area contributed by atoms with Crippen LogP contribution in [0.1, 0.15) is 33.9 Å². The van der Waals surface area contributed by atoms with Crippen molar-refractivity contribution in [2.45, 2.75) is 56.9 Å². The number of hydrogen-bond acceptors (Lipinski definition) is 6. The molecule has 1 aliphatic heterocycles. The van der Waals surface area contributed by atoms with Gasteiger partial charge in [-0.05, 0) is 39.9 Å². The smallest absolute Gasteiger partial charge is 0.118 e. The minimum absolute atomic E-state index is 0.317. The monoisotopic (exact) mass is 630 g/mol. The predicted octanol–water partition coefficient (Wildman–Crippen LogP) is 8.11. The first-order chi connectivity index (χ1) is 23.3. The van der Waals surface area contributed by atoms with E-state index >= 15 is 0 Å². The first-order valence-corrected chi connectivity index (χ1v) is 16.1. The van der Waals surface area contributed by atoms with Gasteiger partial charge in [0.15, 0.2) is 0 Å². The topological polar surface area (TPSA) is 55.4 Å². The van der Waals surface area contributed by atoms with Crippen LogP contribution in [0, 0.1) is 0 Å². The van der Waals surface area contributed by atoms with Crippen molar-refractivity contribution in [1.29, 1.82) is 0 Å². The van der Waals surface area contributed by atoms with Gasteiger partial charge in [0, 0.05) is 0 Å². The fraction of sp³-hybridized carbons (Fsp3) is 0.268. The molecule has 1 fully saturated rings. The molecule has 6 heteroatoms. The van der Waals surface area contributed by atoms with Gasteiger partial charge in [0.1, 0.15) is 36.3 Å². The molecule has 0 bridgehead atoms. The van der Waals surface area contributed by atoms with E-state index in [0.29, 0.717) is 33.0 Å². The minimum atomic E-state index is -0.488. The van der Waals surface area contributed by atoms with Gasteiger partial charge in [-0.15, -0.1) is 0 Å². The van der Waals surface area contributed by atoms with E-state index in [4.69, 9.17) is 28.4 Å². The maximum absolute atomic E-state index is 6.97. The van der Waals surface area contributed by atoms with Crippen LogP contribution in [0.4, 0.5) is 0 Å². The molecular formula is C41H42O6. The van der Waals surface area contributed by atoms with Crippen LogP contribution in [0.5, 0.6) is 5.75 Å². The van der Waals surface area contributed by atoms with Crippen molar-refractivity contribution in [1.82, 2.24) is 0 Å². The second-order valence-corrected chi connectivity index (χ2v) is 11.7. The summed E-state index contributed by atoms with van der Waals surface area (Å²) in [5.41, 5.74) is 5.26. The SMILES string of the molecule is COc1ccc([C@@H]2O[C@H](COCc3ccccc3)[C@@H](OCc3ccccc3)[C@H](OCc3ccccc3)[C@H]2OCc2ccccc2)cc1. The number of rotatable bonds is 15. The summed E-state index contributed by atoms with van der Waals surface area (Å²) in [6.07, 6.45) is -2.34. The summed E-state index contributed by atoms with van der Waals surface area (Å²) in [7, 11) is 1.67. The Morgan fingerprint density at radius 1 is 0.468 bits per heavy atom. The Balaban J connectivity index is 1.34. The van der Waals surface area contributed by atoms with Crippen LogP contribution in [0.2, 0.25) is 0 Å². The molecule has 5 atom stereocenters. The summed E-state index contributed by atoms with van der Waals surface area (Å²) in [6.45, 7) is 1.97. The molecule has 6 rings (SSSR count). The molecule has 0 amide bonds. The van der Waals surface area contributed by atoms with Crippen LogP contribution in [0.15, 0.2) is 146 Å². The zero-order valence-corrected chi connectivity index (χ0v) is 26.7. The minimum Gasteiger partial charge on any atom is -0.497 e. The summed E-state index contributed by atoms with van der Waals surface area (Å²) in [5.74, 6) is 0.773. The van der Waals surface area contributed by atoms with Crippen molar-refractivity contribution in [3.8, 4) is 5.75 Å². The van der Waals surface area contributed by atoms with E-state index in [-0.39, 0.29) is 0 Å². The Morgan fingerprint density at radius 2 is 0.894 bits per heavy atom. The second-order valence-electron chi connectivity index (χ2n) is 11.7. The van der Waals surface area contributed by atoms with E-state index in [1.807, 2.05) is 97.1 Å². The Labute approximate surface area is 277 Å². The maximum atomic E-state index is 6.97. The van der Waals surface area contributed by atoms with Gasteiger partial charge in [-0.2, -0.15) is 0 Å². The molecule has 5 aromatic carbocycles. The zero-order valence-electron chi connectivity index (χ0n) is 26.7. The summed E-state index contributed by atoms with van der Waals surface area (Å²) in [6, 6.07) is 48.7. The highest BCUT2D eigenvalue weighted by atomic mass is 16.6. The molecule has 1 aliphatic rings. The molecule has 1 heterocycles. The lowest BCUT2D eigenvalue weighted by Gasteiger charge is -2.46. The molecule has 242 valence electrons. The van der Waals surface area contributed by atoms with Crippen LogP contribution in [-0.2, 0) is 50.1 Å². The highest BCUT2D eigenvalue weighted by Gasteiger charge is 2.49. The molecule has 5 aromatic rings. The molecule has 6 nitrogen and oxygen atoms in total. The standard InChI is InChI=1S/C41H42O6/c1-42-36-24-22-35(23-25-36)38-40(45-28-33-18-10-4-11-19-33)41(46-29-34-20-12-5-13-21-34)39(44-27-32-16-8-3-9-17-32)37(47-38)30-43-26-31-14-6-2-7-15-31/h2-25,37-41H,26-30H2,1H3/t37-,38+,39-,40+,41+/m1/s1. The lowest BCUT2D eigenvalue weighted by molar-refractivity contribution is -0.275. The predicted molar refractivity (Wildman–Crippen MR) is 182 cm³/mol. The first kappa shape index (κ1) is 32.6. The van der Waals surface area contributed by atoms with E-state index in [9.17, 15) is 0 Å². The molecule has 47 heavy (non-hydrogen) atoms. The highest BCUT2D eigenvalue weighted by Crippen LogP contribution is 2.39. The van der Waals surface area contributed by atoms with Gasteiger partial charge in [0.05, 0.1) is 40.1 Å². The molecule has 0 radical (unpaired) electrons. The molecule has 0 aromatic heterocycles. The molecular weight excluding hydrogens is 588 g/mol. The number of hydrogen-bond donors (Lipinski definition) is 0. The van der Waals surface area contributed by atoms with E-state index in [1.165, 1.54) is 0 Å². The van der Waals surface area contributed by atoms with Crippen LogP contribution in [-0.4, -0.2) is 38.1 Å². The van der Waals surface area contributed by atoms with Crippen molar-refractivity contribution < 1.29 is 28.4 Å². The van der Waals surface area contributed by atoms with Crippen LogP contribution in [0.3, 0.4) is 0 Å². The highest BCUT2D eigenvalue weighted by molar-refractivity contribution is 5.30. The van der Waals surface area contributed by atoms with Crippen LogP contribution < -0.4 is 4.74 Å². The van der Waals surface area contributed by atoms with Gasteiger partial charge >= 0.3 is 0 Å². The molecule has 0 spiro atoms. The zero-order chi connectivity index (χ0) is 32.1. The van der Waals surface area contributed by atoms with Gasteiger partial charge in [-0.25, -0.2) is 0 Å². The van der Waals surface area contributed by atoms with E-state index in [2.05, 4.69) is 48.5 Å². The lowest BCUT2D eigenvalue weighted by Crippen LogP contribution is -2.58. The van der Waals surface area contributed by atoms with Gasteiger partial charge in [0.2, 0.25) is 0 Å². The summed E-state index contributed by atoms with van der Waals surface area (Å²) < 4.78 is 39.2. The molecule has 0 unspecified atom stereocenters. The van der Waals surface area contributed by atoms with Crippen molar-refractivity contribution in [2.75, 3.05) is 13.7 Å². The first-order valence-electron chi connectivity index (χ1n) is 16.1. The number of benzene rings is 5. The van der Waals surface area contributed by atoms with Crippen molar-refractivity contribution in [3.63, 3.8) is 0 Å². The summed E-state index contributed by atoms with van der Waals surface area (Å²) >= 11 is 0. The molecule has 0 N–H and O–H groups in total.